The van der Waals surface area contributed by atoms with Gasteiger partial charge in [-0.1, -0.05) is 45.0 Å². The fraction of sp³-hybridized carbons (Fsp3) is 0.586. The maximum atomic E-state index is 12.4. The molecule has 2 aliphatic heterocycles. The minimum atomic E-state index is -0.749. The van der Waals surface area contributed by atoms with Crippen LogP contribution >= 0.6 is 0 Å². The van der Waals surface area contributed by atoms with Gasteiger partial charge in [0.15, 0.2) is 23.5 Å². The van der Waals surface area contributed by atoms with E-state index in [1.165, 1.54) is 11.9 Å². The molecule has 0 saturated carbocycles. The Kier molecular flexibility index (Phi) is 7.84. The van der Waals surface area contributed by atoms with E-state index in [4.69, 9.17) is 24.7 Å². The van der Waals surface area contributed by atoms with E-state index in [0.717, 1.165) is 5.56 Å². The Morgan fingerprint density at radius 2 is 1.85 bits per heavy atom. The molecule has 0 aliphatic carbocycles. The number of rotatable bonds is 9. The van der Waals surface area contributed by atoms with Crippen LogP contribution in [0.15, 0.2) is 36.9 Å². The van der Waals surface area contributed by atoms with Crippen LogP contribution in [0.5, 0.6) is 0 Å². The quantitative estimate of drug-likeness (QED) is 0.395. The molecule has 11 nitrogen and oxygen atoms in total. The number of benzene rings is 1. The second-order valence-electron chi connectivity index (χ2n) is 12.1. The smallest absolute Gasteiger partial charge is 0.306 e. The second kappa shape index (κ2) is 11.0. The lowest BCUT2D eigenvalue weighted by atomic mass is 9.86. The monoisotopic (exact) mass is 552 g/mol. The molecular weight excluding hydrogens is 512 g/mol. The van der Waals surface area contributed by atoms with Crippen molar-refractivity contribution in [3.63, 3.8) is 0 Å². The lowest BCUT2D eigenvalue weighted by Gasteiger charge is -2.27. The number of nitrogens with zero attached hydrogens (tertiary/aromatic N) is 5. The largest absolute Gasteiger partial charge is 0.464 e. The predicted octanol–water partition coefficient (Wildman–Crippen LogP) is 3.23. The van der Waals surface area contributed by atoms with E-state index in [2.05, 4.69) is 64.9 Å². The molecular formula is C29H40N6O5. The Balaban J connectivity index is 1.13. The molecule has 2 saturated heterocycles. The fourth-order valence-corrected chi connectivity index (χ4v) is 5.29. The second-order valence-corrected chi connectivity index (χ2v) is 12.1. The summed E-state index contributed by atoms with van der Waals surface area (Å²) in [4.78, 5) is 27.2. The van der Waals surface area contributed by atoms with E-state index in [-0.39, 0.29) is 29.7 Å². The molecule has 1 aromatic carbocycles. The first-order valence-electron chi connectivity index (χ1n) is 13.8. The number of nitrogen functional groups attached to an aromatic ring is 1. The number of aromatic nitrogens is 4. The zero-order valence-corrected chi connectivity index (χ0v) is 24.2. The van der Waals surface area contributed by atoms with Crippen LogP contribution in [-0.4, -0.2) is 81.2 Å². The number of likely N-dealkylation sites (N-methyl/N-ethyl adjacent to an activating group) is 1. The van der Waals surface area contributed by atoms with Crippen molar-refractivity contribution in [3.8, 4) is 0 Å². The predicted molar refractivity (Wildman–Crippen MR) is 149 cm³/mol. The van der Waals surface area contributed by atoms with Crippen molar-refractivity contribution in [2.24, 2.45) is 0 Å². The molecule has 11 heteroatoms. The van der Waals surface area contributed by atoms with Crippen LogP contribution < -0.4 is 5.73 Å². The van der Waals surface area contributed by atoms with Crippen LogP contribution in [0.2, 0.25) is 0 Å². The average molecular weight is 553 g/mol. The normalized spacial score (nSPS) is 24.1. The summed E-state index contributed by atoms with van der Waals surface area (Å²) in [6.07, 6.45) is 2.67. The SMILES string of the molecule is CN(CCOC(=O)CCc1ccc(C(C)(C)C)cc1)C[C@H]1O[C@@H](n2cnc3c(N)ncnc32)[C@@H]2OC(C)(C)O[C@@H]21. The van der Waals surface area contributed by atoms with Gasteiger partial charge in [0.2, 0.25) is 0 Å². The van der Waals surface area contributed by atoms with Gasteiger partial charge >= 0.3 is 5.97 Å². The van der Waals surface area contributed by atoms with Crippen LogP contribution in [0.4, 0.5) is 5.82 Å². The maximum absolute atomic E-state index is 12.4. The van der Waals surface area contributed by atoms with Crippen LogP contribution in [0.3, 0.4) is 0 Å². The minimum Gasteiger partial charge on any atom is -0.464 e. The fourth-order valence-electron chi connectivity index (χ4n) is 5.29. The molecule has 2 fully saturated rings. The lowest BCUT2D eigenvalue weighted by molar-refractivity contribution is -0.197. The van der Waals surface area contributed by atoms with E-state index in [1.54, 1.807) is 6.33 Å². The molecule has 0 spiro atoms. The van der Waals surface area contributed by atoms with Gasteiger partial charge in [0.1, 0.15) is 36.8 Å². The zero-order chi connectivity index (χ0) is 28.7. The van der Waals surface area contributed by atoms with Gasteiger partial charge in [-0.2, -0.15) is 0 Å². The van der Waals surface area contributed by atoms with Crippen molar-refractivity contribution < 1.29 is 23.7 Å². The van der Waals surface area contributed by atoms with Crippen molar-refractivity contribution in [1.82, 2.24) is 24.4 Å². The van der Waals surface area contributed by atoms with Crippen LogP contribution in [0.1, 0.15) is 58.4 Å². The Bertz CT molecular complexity index is 1330. The molecule has 3 aromatic rings. The number of carbonyl (C=O) groups excluding carboxylic acids is 1. The highest BCUT2D eigenvalue weighted by Crippen LogP contribution is 2.44. The number of imidazole rings is 1. The van der Waals surface area contributed by atoms with Crippen molar-refractivity contribution >= 4 is 23.0 Å². The highest BCUT2D eigenvalue weighted by Gasteiger charge is 2.56. The van der Waals surface area contributed by atoms with Crippen LogP contribution in [0.25, 0.3) is 11.2 Å². The summed E-state index contributed by atoms with van der Waals surface area (Å²) < 4.78 is 26.3. The number of ether oxygens (including phenoxy) is 4. The summed E-state index contributed by atoms with van der Waals surface area (Å²) in [5.74, 6) is -0.638. The lowest BCUT2D eigenvalue weighted by Crippen LogP contribution is -2.39. The first-order chi connectivity index (χ1) is 18.9. The molecule has 0 amide bonds. The third-order valence-corrected chi connectivity index (χ3v) is 7.45. The molecule has 4 atom stereocenters. The molecule has 4 heterocycles. The van der Waals surface area contributed by atoms with Gasteiger partial charge in [0.05, 0.1) is 6.33 Å². The topological polar surface area (TPSA) is 127 Å². The average Bonchev–Trinajstić information content (AvgIpc) is 3.54. The third kappa shape index (κ3) is 6.12. The number of carbonyl (C=O) groups is 1. The van der Waals surface area contributed by atoms with Crippen LogP contribution in [-0.2, 0) is 35.6 Å². The summed E-state index contributed by atoms with van der Waals surface area (Å²) in [6.45, 7) is 11.8. The van der Waals surface area contributed by atoms with Gasteiger partial charge in [-0.05, 0) is 43.9 Å². The molecule has 0 bridgehead atoms. The Morgan fingerprint density at radius 1 is 1.12 bits per heavy atom. The molecule has 2 aliphatic rings. The number of anilines is 1. The van der Waals surface area contributed by atoms with Gasteiger partial charge < -0.3 is 29.6 Å². The van der Waals surface area contributed by atoms with Crippen molar-refractivity contribution in [2.75, 3.05) is 32.5 Å². The first kappa shape index (κ1) is 28.4. The van der Waals surface area contributed by atoms with Gasteiger partial charge in [-0.3, -0.25) is 9.36 Å². The molecule has 0 radical (unpaired) electrons. The standard InChI is InChI=1S/C29H40N6O5/c1-28(2,3)19-10-7-18(8-11-19)9-12-21(36)37-14-13-34(6)15-20-23-24(40-29(4,5)39-23)27(38-20)35-17-33-22-25(30)31-16-32-26(22)35/h7-8,10-11,16-17,20,23-24,27H,9,12-15H2,1-6H3,(H2,30,31,32)/t20-,23-,24-,27-/m1/s1. The van der Waals surface area contributed by atoms with Gasteiger partial charge in [0.25, 0.3) is 0 Å². The number of esters is 1. The van der Waals surface area contributed by atoms with E-state index in [0.29, 0.717) is 49.5 Å². The van der Waals surface area contributed by atoms with Crippen LogP contribution in [0, 0.1) is 0 Å². The number of nitrogens with two attached hydrogens (primary N) is 1. The molecule has 216 valence electrons. The Morgan fingerprint density at radius 3 is 2.58 bits per heavy atom. The first-order valence-corrected chi connectivity index (χ1v) is 13.8. The molecule has 2 aromatic heterocycles. The van der Waals surface area contributed by atoms with Crippen molar-refractivity contribution in [2.45, 2.75) is 83.2 Å². The number of hydrogen-bond donors (Lipinski definition) is 1. The molecule has 0 unspecified atom stereocenters. The highest BCUT2D eigenvalue weighted by molar-refractivity contribution is 5.81. The Hall–Kier alpha value is -3.12. The number of fused-ring (bicyclic) bond motifs is 2. The van der Waals surface area contributed by atoms with Gasteiger partial charge in [0, 0.05) is 19.5 Å². The summed E-state index contributed by atoms with van der Waals surface area (Å²) in [6, 6.07) is 8.45. The van der Waals surface area contributed by atoms with Gasteiger partial charge in [-0.15, -0.1) is 0 Å². The summed E-state index contributed by atoms with van der Waals surface area (Å²) in [5.41, 5.74) is 9.60. The summed E-state index contributed by atoms with van der Waals surface area (Å²) >= 11 is 0. The molecule has 40 heavy (non-hydrogen) atoms. The van der Waals surface area contributed by atoms with E-state index in [1.807, 2.05) is 25.5 Å². The summed E-state index contributed by atoms with van der Waals surface area (Å²) in [5, 5.41) is 0. The molecule has 5 rings (SSSR count). The molecule has 2 N–H and O–H groups in total. The zero-order valence-electron chi connectivity index (χ0n) is 24.2. The number of hydrogen-bond acceptors (Lipinski definition) is 10. The van der Waals surface area contributed by atoms with Gasteiger partial charge in [-0.25, -0.2) is 15.0 Å². The maximum Gasteiger partial charge on any atom is 0.306 e. The highest BCUT2D eigenvalue weighted by atomic mass is 16.8. The van der Waals surface area contributed by atoms with Crippen molar-refractivity contribution in [1.29, 1.82) is 0 Å². The number of aryl methyl sites for hydroxylation is 1. The Labute approximate surface area is 235 Å². The minimum absolute atomic E-state index is 0.110. The third-order valence-electron chi connectivity index (χ3n) is 7.45. The van der Waals surface area contributed by atoms with Crippen molar-refractivity contribution in [3.05, 3.63) is 48.0 Å². The van der Waals surface area contributed by atoms with E-state index >= 15 is 0 Å². The summed E-state index contributed by atoms with van der Waals surface area (Å²) in [7, 11) is 1.97. The van der Waals surface area contributed by atoms with E-state index in [9.17, 15) is 4.79 Å². The van der Waals surface area contributed by atoms with E-state index < -0.39 is 12.0 Å².